The van der Waals surface area contributed by atoms with Crippen molar-refractivity contribution in [3.63, 3.8) is 0 Å². The Morgan fingerprint density at radius 3 is 2.67 bits per heavy atom. The quantitative estimate of drug-likeness (QED) is 0.799. The first-order chi connectivity index (χ1) is 10.2. The molecule has 0 unspecified atom stereocenters. The van der Waals surface area contributed by atoms with Crippen LogP contribution in [0.1, 0.15) is 0 Å². The summed E-state index contributed by atoms with van der Waals surface area (Å²) in [5.41, 5.74) is 6.16. The summed E-state index contributed by atoms with van der Waals surface area (Å²) >= 11 is 0. The molecule has 0 saturated carbocycles. The van der Waals surface area contributed by atoms with E-state index < -0.39 is 0 Å². The molecule has 3 aromatic rings. The molecule has 0 amide bonds. The van der Waals surface area contributed by atoms with Crippen molar-refractivity contribution in [2.45, 2.75) is 6.54 Å². The van der Waals surface area contributed by atoms with Gasteiger partial charge in [0, 0.05) is 18.0 Å². The zero-order valence-corrected chi connectivity index (χ0v) is 11.5. The highest BCUT2D eigenvalue weighted by Crippen LogP contribution is 2.20. The van der Waals surface area contributed by atoms with Crippen LogP contribution in [0.5, 0.6) is 5.75 Å². The van der Waals surface area contributed by atoms with E-state index in [0.29, 0.717) is 18.8 Å². The summed E-state index contributed by atoms with van der Waals surface area (Å²) in [6, 6.07) is 17.1. The Morgan fingerprint density at radius 1 is 1.00 bits per heavy atom. The first-order valence-electron chi connectivity index (χ1n) is 6.80. The molecule has 2 aromatic carbocycles. The molecule has 2 N–H and O–H groups in total. The summed E-state index contributed by atoms with van der Waals surface area (Å²) in [5.74, 6) is 0.797. The highest BCUT2D eigenvalue weighted by molar-refractivity contribution is 5.83. The van der Waals surface area contributed by atoms with E-state index in [1.165, 1.54) is 11.5 Å². The average molecular weight is 280 g/mol. The van der Waals surface area contributed by atoms with Gasteiger partial charge in [-0.2, -0.15) is 0 Å². The summed E-state index contributed by atoms with van der Waals surface area (Å²) < 4.78 is 7.26. The zero-order chi connectivity index (χ0) is 14.7. The molecule has 0 saturated heterocycles. The molecule has 0 atom stereocenters. The van der Waals surface area contributed by atoms with Crippen LogP contribution in [0.2, 0.25) is 0 Å². The van der Waals surface area contributed by atoms with Gasteiger partial charge in [0.05, 0.1) is 6.54 Å². The van der Waals surface area contributed by atoms with Crippen LogP contribution in [-0.4, -0.2) is 11.2 Å². The smallest absolute Gasteiger partial charge is 0.250 e. The second kappa shape index (κ2) is 5.71. The van der Waals surface area contributed by atoms with E-state index in [-0.39, 0.29) is 5.56 Å². The number of fused-ring (bicyclic) bond motifs is 1. The maximum absolute atomic E-state index is 11.6. The Kier molecular flexibility index (Phi) is 3.60. The molecular weight excluding hydrogens is 264 g/mol. The van der Waals surface area contributed by atoms with E-state index in [4.69, 9.17) is 10.5 Å². The minimum absolute atomic E-state index is 0.0775. The molecule has 1 heterocycles. The van der Waals surface area contributed by atoms with Gasteiger partial charge in [-0.15, -0.1) is 0 Å². The maximum Gasteiger partial charge on any atom is 0.250 e. The fourth-order valence-electron chi connectivity index (χ4n) is 2.24. The first kappa shape index (κ1) is 13.2. The van der Waals surface area contributed by atoms with Gasteiger partial charge in [0.15, 0.2) is 0 Å². The van der Waals surface area contributed by atoms with Crippen molar-refractivity contribution in [1.82, 2.24) is 4.57 Å². The topological polar surface area (TPSA) is 57.2 Å². The Labute approximate surface area is 122 Å². The summed E-state index contributed by atoms with van der Waals surface area (Å²) in [4.78, 5) is 11.6. The first-order valence-corrected chi connectivity index (χ1v) is 6.80. The minimum atomic E-state index is -0.0775. The fourth-order valence-corrected chi connectivity index (χ4v) is 2.24. The number of hydrogen-bond donors (Lipinski definition) is 1. The number of nitrogen functional groups attached to an aromatic ring is 1. The molecule has 0 aliphatic heterocycles. The van der Waals surface area contributed by atoms with E-state index in [1.807, 2.05) is 36.4 Å². The third-order valence-electron chi connectivity index (χ3n) is 3.33. The van der Waals surface area contributed by atoms with Crippen molar-refractivity contribution in [3.8, 4) is 5.75 Å². The van der Waals surface area contributed by atoms with Gasteiger partial charge in [-0.25, -0.2) is 0 Å². The lowest BCUT2D eigenvalue weighted by molar-refractivity contribution is 0.297. The normalized spacial score (nSPS) is 10.7. The second-order valence-electron chi connectivity index (χ2n) is 4.85. The Balaban J connectivity index is 1.69. The molecule has 1 aromatic heterocycles. The van der Waals surface area contributed by atoms with Crippen molar-refractivity contribution < 1.29 is 4.74 Å². The van der Waals surface area contributed by atoms with E-state index in [1.54, 1.807) is 16.8 Å². The Morgan fingerprint density at radius 2 is 1.81 bits per heavy atom. The maximum atomic E-state index is 11.6. The minimum Gasteiger partial charge on any atom is -0.492 e. The van der Waals surface area contributed by atoms with Gasteiger partial charge in [-0.1, -0.05) is 30.3 Å². The predicted octanol–water partition coefficient (Wildman–Crippen LogP) is 2.66. The van der Waals surface area contributed by atoms with Gasteiger partial charge in [0.25, 0.3) is 5.56 Å². The monoisotopic (exact) mass is 280 g/mol. The molecule has 0 spiro atoms. The second-order valence-corrected chi connectivity index (χ2v) is 4.85. The largest absolute Gasteiger partial charge is 0.492 e. The number of hydrogen-bond acceptors (Lipinski definition) is 3. The van der Waals surface area contributed by atoms with Crippen LogP contribution in [0.25, 0.3) is 10.8 Å². The molecule has 0 radical (unpaired) electrons. The third-order valence-corrected chi connectivity index (χ3v) is 3.33. The number of ether oxygens (including phenoxy) is 1. The van der Waals surface area contributed by atoms with E-state index in [9.17, 15) is 4.79 Å². The van der Waals surface area contributed by atoms with Gasteiger partial charge < -0.3 is 15.0 Å². The van der Waals surface area contributed by atoms with Crippen LogP contribution in [0.4, 0.5) is 5.69 Å². The number of aromatic nitrogens is 1. The van der Waals surface area contributed by atoms with Crippen LogP contribution >= 0.6 is 0 Å². The fraction of sp³-hybridized carbons (Fsp3) is 0.118. The van der Waals surface area contributed by atoms with Crippen LogP contribution < -0.4 is 16.0 Å². The van der Waals surface area contributed by atoms with Gasteiger partial charge in [0.1, 0.15) is 12.4 Å². The summed E-state index contributed by atoms with van der Waals surface area (Å²) in [6.07, 6.45) is 1.63. The average Bonchev–Trinajstić information content (AvgIpc) is 2.50. The highest BCUT2D eigenvalue weighted by atomic mass is 16.5. The zero-order valence-electron chi connectivity index (χ0n) is 11.5. The number of anilines is 1. The molecule has 0 bridgehead atoms. The molecule has 4 heteroatoms. The highest BCUT2D eigenvalue weighted by Gasteiger charge is 1.99. The lowest BCUT2D eigenvalue weighted by Gasteiger charge is -2.09. The van der Waals surface area contributed by atoms with E-state index >= 15 is 0 Å². The van der Waals surface area contributed by atoms with Crippen molar-refractivity contribution in [2.24, 2.45) is 0 Å². The predicted molar refractivity (Wildman–Crippen MR) is 84.6 cm³/mol. The Hall–Kier alpha value is -2.75. The van der Waals surface area contributed by atoms with Crippen molar-refractivity contribution in [2.75, 3.05) is 12.3 Å². The molecule has 106 valence electrons. The summed E-state index contributed by atoms with van der Waals surface area (Å²) in [5, 5.41) is 2.31. The SMILES string of the molecule is Nc1ccc(=O)n(CCOc2ccc3ccccc3c2)c1. The molecule has 0 aliphatic carbocycles. The number of pyridine rings is 1. The van der Waals surface area contributed by atoms with Crippen molar-refractivity contribution >= 4 is 16.5 Å². The lowest BCUT2D eigenvalue weighted by Crippen LogP contribution is -2.22. The summed E-state index contributed by atoms with van der Waals surface area (Å²) in [7, 11) is 0. The van der Waals surface area contributed by atoms with Crippen LogP contribution in [0, 0.1) is 0 Å². The van der Waals surface area contributed by atoms with E-state index in [2.05, 4.69) is 6.07 Å². The molecule has 0 aliphatic rings. The number of nitrogens with two attached hydrogens (primary N) is 1. The van der Waals surface area contributed by atoms with Crippen molar-refractivity contribution in [3.05, 3.63) is 71.1 Å². The molecule has 3 rings (SSSR count). The summed E-state index contributed by atoms with van der Waals surface area (Å²) in [6.45, 7) is 0.887. The Bertz CT molecular complexity index is 824. The van der Waals surface area contributed by atoms with Crippen LogP contribution in [0.3, 0.4) is 0 Å². The lowest BCUT2D eigenvalue weighted by atomic mass is 10.1. The molecular formula is C17H16N2O2. The number of nitrogens with zero attached hydrogens (tertiary/aromatic N) is 1. The van der Waals surface area contributed by atoms with E-state index in [0.717, 1.165) is 11.1 Å². The number of benzene rings is 2. The van der Waals surface area contributed by atoms with Crippen LogP contribution in [-0.2, 0) is 6.54 Å². The van der Waals surface area contributed by atoms with Gasteiger partial charge >= 0.3 is 0 Å². The van der Waals surface area contributed by atoms with Crippen molar-refractivity contribution in [1.29, 1.82) is 0 Å². The third kappa shape index (κ3) is 3.05. The molecule has 21 heavy (non-hydrogen) atoms. The van der Waals surface area contributed by atoms with Gasteiger partial charge in [-0.3, -0.25) is 4.79 Å². The standard InChI is InChI=1S/C17H16N2O2/c18-15-6-8-17(20)19(12-15)9-10-21-16-7-5-13-3-1-2-4-14(13)11-16/h1-8,11-12H,9-10,18H2. The van der Waals surface area contributed by atoms with Gasteiger partial charge in [0.2, 0.25) is 0 Å². The number of rotatable bonds is 4. The molecule has 4 nitrogen and oxygen atoms in total. The van der Waals surface area contributed by atoms with Gasteiger partial charge in [-0.05, 0) is 29.0 Å². The molecule has 0 fully saturated rings. The van der Waals surface area contributed by atoms with Crippen LogP contribution in [0.15, 0.2) is 65.6 Å².